The Kier molecular flexibility index (Phi) is 2.94. The first-order valence-electron chi connectivity index (χ1n) is 5.69. The largest absolute Gasteiger partial charge is 0.380 e. The molecule has 0 aliphatic heterocycles. The first kappa shape index (κ1) is 10.5. The lowest BCUT2D eigenvalue weighted by molar-refractivity contribution is 0.549. The predicted molar refractivity (Wildman–Crippen MR) is 61.6 cm³/mol. The fourth-order valence-electron chi connectivity index (χ4n) is 2.31. The van der Waals surface area contributed by atoms with Crippen molar-refractivity contribution in [2.24, 2.45) is 5.92 Å². The molecule has 1 aromatic carbocycles. The number of anilines is 1. The zero-order chi connectivity index (χ0) is 10.8. The summed E-state index contributed by atoms with van der Waals surface area (Å²) in [5.74, 6) is 0.518. The summed E-state index contributed by atoms with van der Waals surface area (Å²) in [5, 5.41) is 3.32. The van der Waals surface area contributed by atoms with Gasteiger partial charge in [0.05, 0.1) is 5.69 Å². The fraction of sp³-hybridized carbons (Fsp3) is 0.538. The van der Waals surface area contributed by atoms with E-state index in [0.717, 1.165) is 12.0 Å². The Balaban J connectivity index is 2.12. The summed E-state index contributed by atoms with van der Waals surface area (Å²) in [6.07, 6.45) is 3.67. The van der Waals surface area contributed by atoms with Crippen LogP contribution >= 0.6 is 0 Å². The van der Waals surface area contributed by atoms with Crippen LogP contribution in [0.3, 0.4) is 0 Å². The van der Waals surface area contributed by atoms with E-state index in [1.165, 1.54) is 18.9 Å². The Labute approximate surface area is 90.7 Å². The number of aryl methyl sites for hydroxylation is 1. The maximum absolute atomic E-state index is 13.5. The van der Waals surface area contributed by atoms with Crippen molar-refractivity contribution >= 4 is 5.69 Å². The molecule has 0 aromatic heterocycles. The molecule has 0 radical (unpaired) electrons. The van der Waals surface area contributed by atoms with Crippen LogP contribution in [0.15, 0.2) is 18.2 Å². The summed E-state index contributed by atoms with van der Waals surface area (Å²) in [6, 6.07) is 5.68. The molecule has 1 aliphatic carbocycles. The normalized spacial score (nSPS) is 25.5. The van der Waals surface area contributed by atoms with Gasteiger partial charge in [0, 0.05) is 6.04 Å². The van der Waals surface area contributed by atoms with Gasteiger partial charge < -0.3 is 5.32 Å². The summed E-state index contributed by atoms with van der Waals surface area (Å²) in [7, 11) is 0. The van der Waals surface area contributed by atoms with Gasteiger partial charge in [-0.25, -0.2) is 4.39 Å². The Bertz CT molecular complexity index is 348. The van der Waals surface area contributed by atoms with Gasteiger partial charge in [-0.1, -0.05) is 19.4 Å². The number of benzene rings is 1. The van der Waals surface area contributed by atoms with Gasteiger partial charge in [0.15, 0.2) is 0 Å². The van der Waals surface area contributed by atoms with Crippen LogP contribution in [-0.4, -0.2) is 6.04 Å². The number of hydrogen-bond acceptors (Lipinski definition) is 1. The third-order valence-electron chi connectivity index (χ3n) is 3.32. The summed E-state index contributed by atoms with van der Waals surface area (Å²) >= 11 is 0. The van der Waals surface area contributed by atoms with E-state index >= 15 is 0 Å². The van der Waals surface area contributed by atoms with Crippen molar-refractivity contribution in [2.45, 2.75) is 39.2 Å². The zero-order valence-corrected chi connectivity index (χ0v) is 9.39. The van der Waals surface area contributed by atoms with Crippen molar-refractivity contribution < 1.29 is 4.39 Å². The van der Waals surface area contributed by atoms with Gasteiger partial charge in [-0.3, -0.25) is 0 Å². The lowest BCUT2D eigenvalue weighted by atomic mass is 10.1. The minimum Gasteiger partial charge on any atom is -0.380 e. The van der Waals surface area contributed by atoms with Crippen molar-refractivity contribution in [1.82, 2.24) is 0 Å². The second-order valence-electron chi connectivity index (χ2n) is 4.64. The second kappa shape index (κ2) is 4.21. The third-order valence-corrected chi connectivity index (χ3v) is 3.32. The van der Waals surface area contributed by atoms with E-state index in [2.05, 4.69) is 12.2 Å². The highest BCUT2D eigenvalue weighted by Crippen LogP contribution is 2.29. The number of hydrogen-bond donors (Lipinski definition) is 1. The molecule has 2 atom stereocenters. The third kappa shape index (κ3) is 2.31. The first-order chi connectivity index (χ1) is 7.16. The Morgan fingerprint density at radius 2 is 2.13 bits per heavy atom. The minimum atomic E-state index is -0.139. The van der Waals surface area contributed by atoms with E-state index < -0.39 is 0 Å². The smallest absolute Gasteiger partial charge is 0.146 e. The summed E-state index contributed by atoms with van der Waals surface area (Å²) < 4.78 is 13.5. The van der Waals surface area contributed by atoms with E-state index in [9.17, 15) is 4.39 Å². The summed E-state index contributed by atoms with van der Waals surface area (Å²) in [5.41, 5.74) is 1.76. The van der Waals surface area contributed by atoms with E-state index in [4.69, 9.17) is 0 Å². The minimum absolute atomic E-state index is 0.139. The van der Waals surface area contributed by atoms with Gasteiger partial charge >= 0.3 is 0 Å². The molecule has 2 unspecified atom stereocenters. The predicted octanol–water partition coefficient (Wildman–Crippen LogP) is 3.73. The topological polar surface area (TPSA) is 12.0 Å². The average Bonchev–Trinajstić information content (AvgIpc) is 2.58. The molecule has 2 heteroatoms. The lowest BCUT2D eigenvalue weighted by Gasteiger charge is -2.19. The van der Waals surface area contributed by atoms with Gasteiger partial charge in [0.2, 0.25) is 0 Å². The molecule has 1 nitrogen and oxygen atoms in total. The van der Waals surface area contributed by atoms with Gasteiger partial charge in [0.1, 0.15) is 5.82 Å². The van der Waals surface area contributed by atoms with Crippen molar-refractivity contribution in [3.8, 4) is 0 Å². The molecule has 0 bridgehead atoms. The quantitative estimate of drug-likeness (QED) is 0.779. The first-order valence-corrected chi connectivity index (χ1v) is 5.69. The Morgan fingerprint density at radius 3 is 2.80 bits per heavy atom. The molecular weight excluding hydrogens is 189 g/mol. The zero-order valence-electron chi connectivity index (χ0n) is 9.39. The highest BCUT2D eigenvalue weighted by atomic mass is 19.1. The van der Waals surface area contributed by atoms with E-state index in [1.807, 2.05) is 13.0 Å². The molecule has 1 aromatic rings. The van der Waals surface area contributed by atoms with E-state index in [1.54, 1.807) is 6.07 Å². The van der Waals surface area contributed by atoms with Crippen LogP contribution in [-0.2, 0) is 0 Å². The van der Waals surface area contributed by atoms with Crippen LogP contribution in [0.5, 0.6) is 0 Å². The van der Waals surface area contributed by atoms with Gasteiger partial charge in [-0.05, 0) is 43.4 Å². The molecule has 0 heterocycles. The molecule has 15 heavy (non-hydrogen) atoms. The van der Waals surface area contributed by atoms with Gasteiger partial charge in [-0.15, -0.1) is 0 Å². The van der Waals surface area contributed by atoms with Gasteiger partial charge in [0.25, 0.3) is 0 Å². The molecule has 2 rings (SSSR count). The van der Waals surface area contributed by atoms with Crippen LogP contribution in [0.1, 0.15) is 31.7 Å². The fourth-order valence-corrected chi connectivity index (χ4v) is 2.31. The molecule has 82 valence electrons. The standard InChI is InChI=1S/C13H18FN/c1-9-6-7-11(14)13(8-9)15-12-5-3-4-10(12)2/h6-8,10,12,15H,3-5H2,1-2H3. The Hall–Kier alpha value is -1.05. The number of nitrogens with one attached hydrogen (secondary N) is 1. The maximum atomic E-state index is 13.5. The average molecular weight is 207 g/mol. The number of halogens is 1. The SMILES string of the molecule is Cc1ccc(F)c(NC2CCCC2C)c1. The molecule has 0 spiro atoms. The van der Waals surface area contributed by atoms with E-state index in [0.29, 0.717) is 17.6 Å². The van der Waals surface area contributed by atoms with E-state index in [-0.39, 0.29) is 5.82 Å². The molecule has 1 saturated carbocycles. The monoisotopic (exact) mass is 207 g/mol. The van der Waals surface area contributed by atoms with Crippen molar-refractivity contribution in [3.63, 3.8) is 0 Å². The highest BCUT2D eigenvalue weighted by Gasteiger charge is 2.23. The lowest BCUT2D eigenvalue weighted by Crippen LogP contribution is -2.22. The van der Waals surface area contributed by atoms with Crippen LogP contribution < -0.4 is 5.32 Å². The highest BCUT2D eigenvalue weighted by molar-refractivity contribution is 5.48. The van der Waals surface area contributed by atoms with Crippen LogP contribution in [0.4, 0.5) is 10.1 Å². The van der Waals surface area contributed by atoms with Crippen LogP contribution in [0, 0.1) is 18.7 Å². The van der Waals surface area contributed by atoms with Crippen molar-refractivity contribution in [2.75, 3.05) is 5.32 Å². The molecule has 0 amide bonds. The van der Waals surface area contributed by atoms with Crippen LogP contribution in [0.25, 0.3) is 0 Å². The molecule has 1 fully saturated rings. The summed E-state index contributed by atoms with van der Waals surface area (Å²) in [6.45, 7) is 4.22. The maximum Gasteiger partial charge on any atom is 0.146 e. The summed E-state index contributed by atoms with van der Waals surface area (Å²) in [4.78, 5) is 0. The molecule has 1 aliphatic rings. The van der Waals surface area contributed by atoms with Crippen molar-refractivity contribution in [1.29, 1.82) is 0 Å². The molecular formula is C13H18FN. The van der Waals surface area contributed by atoms with Gasteiger partial charge in [-0.2, -0.15) is 0 Å². The number of rotatable bonds is 2. The second-order valence-corrected chi connectivity index (χ2v) is 4.64. The van der Waals surface area contributed by atoms with Crippen LogP contribution in [0.2, 0.25) is 0 Å². The molecule has 0 saturated heterocycles. The molecule has 1 N–H and O–H groups in total. The Morgan fingerprint density at radius 1 is 1.33 bits per heavy atom. The van der Waals surface area contributed by atoms with Crippen molar-refractivity contribution in [3.05, 3.63) is 29.6 Å².